The number of para-hydroxylation sites is 1. The van der Waals surface area contributed by atoms with E-state index in [9.17, 15) is 18.5 Å². The molecule has 2 aromatic heterocycles. The fraction of sp³-hybridized carbons (Fsp3) is 0.300. The lowest BCUT2D eigenvalue weighted by molar-refractivity contribution is -0.0890. The number of likely N-dealkylation sites (tertiary alicyclic amines) is 1. The minimum absolute atomic E-state index is 0.0233. The molecule has 4 aromatic rings. The molecule has 1 amide bonds. The number of carbonyl (C=O) groups is 1. The predicted octanol–water partition coefficient (Wildman–Crippen LogP) is 3.93. The number of pyridine rings is 1. The van der Waals surface area contributed by atoms with Crippen LogP contribution in [0, 0.1) is 11.3 Å². The highest BCUT2D eigenvalue weighted by atomic mass is 32.2. The molecule has 0 saturated carbocycles. The van der Waals surface area contributed by atoms with Gasteiger partial charge in [0.1, 0.15) is 41.2 Å². The molecule has 0 radical (unpaired) electrons. The number of amides is 1. The molecule has 11 nitrogen and oxygen atoms in total. The van der Waals surface area contributed by atoms with Crippen LogP contribution in [-0.2, 0) is 14.8 Å². The number of carbonyl (C=O) groups excluding carboxylic acids is 1. The molecule has 0 spiro atoms. The summed E-state index contributed by atoms with van der Waals surface area (Å²) in [6, 6.07) is 15.6. The summed E-state index contributed by atoms with van der Waals surface area (Å²) in [4.78, 5) is 22.2. The second-order valence-electron chi connectivity index (χ2n) is 10.6. The van der Waals surface area contributed by atoms with Gasteiger partial charge >= 0.3 is 0 Å². The number of H-pyrrole nitrogens is 1. The standard InChI is InChI=1S/C30H28FN5O6S/c31-30(8-11-36(12-9-30)22-17-40-18-22)19-41-26-6-5-24(14-21(26)15-32)43(38,39)35-29(37)25-3-1-2-4-27(25)42-23-13-20-7-10-33-28(20)34-16-23/h1-7,10,13-14,16,22H,8-9,11-12,17-19H2,(H,33,34)(H,35,37). The maximum Gasteiger partial charge on any atom is 0.268 e. The van der Waals surface area contributed by atoms with Crippen molar-refractivity contribution in [2.75, 3.05) is 32.9 Å². The SMILES string of the molecule is N#Cc1cc(S(=O)(=O)NC(=O)c2ccccc2Oc2cnc3[nH]ccc3c2)ccc1OCC1(F)CCN(C2COC2)CC1. The average molecular weight is 606 g/mol. The number of fused-ring (bicyclic) bond motifs is 1. The summed E-state index contributed by atoms with van der Waals surface area (Å²) >= 11 is 0. The van der Waals surface area contributed by atoms with Gasteiger partial charge in [-0.2, -0.15) is 5.26 Å². The van der Waals surface area contributed by atoms with Crippen LogP contribution in [0.1, 0.15) is 28.8 Å². The van der Waals surface area contributed by atoms with E-state index >= 15 is 4.39 Å². The van der Waals surface area contributed by atoms with Gasteiger partial charge < -0.3 is 19.2 Å². The topological polar surface area (TPSA) is 147 Å². The highest BCUT2D eigenvalue weighted by molar-refractivity contribution is 7.90. The predicted molar refractivity (Wildman–Crippen MR) is 153 cm³/mol. The van der Waals surface area contributed by atoms with Gasteiger partial charge in [-0.1, -0.05) is 12.1 Å². The second-order valence-corrected chi connectivity index (χ2v) is 12.2. The van der Waals surface area contributed by atoms with Crippen molar-refractivity contribution in [3.63, 3.8) is 0 Å². The van der Waals surface area contributed by atoms with Crippen LogP contribution >= 0.6 is 0 Å². The van der Waals surface area contributed by atoms with Crippen LogP contribution in [-0.4, -0.2) is 73.8 Å². The molecule has 2 saturated heterocycles. The largest absolute Gasteiger partial charge is 0.489 e. The van der Waals surface area contributed by atoms with E-state index in [1.165, 1.54) is 30.5 Å². The molecule has 13 heteroatoms. The van der Waals surface area contributed by atoms with Gasteiger partial charge in [-0.05, 0) is 55.3 Å². The summed E-state index contributed by atoms with van der Waals surface area (Å²) in [5.41, 5.74) is -1.02. The number of nitrogens with one attached hydrogen (secondary N) is 2. The Hall–Kier alpha value is -4.51. The number of ether oxygens (including phenoxy) is 3. The normalized spacial score (nSPS) is 17.1. The Labute approximate surface area is 247 Å². The molecule has 2 aliphatic rings. The molecule has 2 aromatic carbocycles. The summed E-state index contributed by atoms with van der Waals surface area (Å²) in [7, 11) is -4.39. The smallest absolute Gasteiger partial charge is 0.268 e. The van der Waals surface area contributed by atoms with Gasteiger partial charge in [0.05, 0.1) is 41.5 Å². The zero-order chi connectivity index (χ0) is 30.0. The molecule has 6 rings (SSSR count). The quantitative estimate of drug-likeness (QED) is 0.290. The maximum absolute atomic E-state index is 15.4. The number of halogens is 1. The van der Waals surface area contributed by atoms with E-state index in [1.807, 2.05) is 16.9 Å². The summed E-state index contributed by atoms with van der Waals surface area (Å²) in [6.45, 7) is 2.25. The first-order valence-corrected chi connectivity index (χ1v) is 15.2. The van der Waals surface area contributed by atoms with E-state index in [0.29, 0.717) is 43.7 Å². The van der Waals surface area contributed by atoms with Gasteiger partial charge in [0.25, 0.3) is 15.9 Å². The number of nitrogens with zero attached hydrogens (tertiary/aromatic N) is 3. The van der Waals surface area contributed by atoms with E-state index in [1.54, 1.807) is 24.4 Å². The number of alkyl halides is 1. The van der Waals surface area contributed by atoms with Crippen molar-refractivity contribution < 1.29 is 31.8 Å². The molecule has 2 aliphatic heterocycles. The third-order valence-corrected chi connectivity index (χ3v) is 8.99. The Morgan fingerprint density at radius 3 is 2.70 bits per heavy atom. The molecule has 2 N–H and O–H groups in total. The summed E-state index contributed by atoms with van der Waals surface area (Å²) < 4.78 is 60.5. The molecule has 2 fully saturated rings. The summed E-state index contributed by atoms with van der Waals surface area (Å²) in [6.07, 6.45) is 3.78. The van der Waals surface area contributed by atoms with Crippen molar-refractivity contribution in [3.8, 4) is 23.3 Å². The minimum atomic E-state index is -4.39. The maximum atomic E-state index is 15.4. The van der Waals surface area contributed by atoms with Crippen LogP contribution < -0.4 is 14.2 Å². The van der Waals surface area contributed by atoms with Crippen molar-refractivity contribution >= 4 is 27.0 Å². The van der Waals surface area contributed by atoms with Crippen molar-refractivity contribution in [2.24, 2.45) is 0 Å². The van der Waals surface area contributed by atoms with E-state index < -0.39 is 21.6 Å². The Bertz CT molecular complexity index is 1810. The number of aromatic amines is 1. The number of hydrogen-bond donors (Lipinski definition) is 2. The average Bonchev–Trinajstić information content (AvgIpc) is 3.44. The van der Waals surface area contributed by atoms with Gasteiger partial charge in [-0.15, -0.1) is 0 Å². The minimum Gasteiger partial charge on any atom is -0.489 e. The number of rotatable bonds is 9. The molecule has 4 heterocycles. The third-order valence-electron chi connectivity index (χ3n) is 7.66. The monoisotopic (exact) mass is 605 g/mol. The van der Waals surface area contributed by atoms with Crippen molar-refractivity contribution in [3.05, 3.63) is 78.1 Å². The Morgan fingerprint density at radius 2 is 1.95 bits per heavy atom. The zero-order valence-corrected chi connectivity index (χ0v) is 23.8. The number of sulfonamides is 1. The van der Waals surface area contributed by atoms with Gasteiger partial charge in [-0.3, -0.25) is 9.69 Å². The van der Waals surface area contributed by atoms with Crippen LogP contribution in [0.15, 0.2) is 71.9 Å². The first-order valence-electron chi connectivity index (χ1n) is 13.7. The fourth-order valence-corrected chi connectivity index (χ4v) is 6.04. The molecule has 43 heavy (non-hydrogen) atoms. The number of nitriles is 1. The molecular formula is C30H28FN5O6S. The Morgan fingerprint density at radius 1 is 1.16 bits per heavy atom. The Kier molecular flexibility index (Phi) is 7.74. The molecule has 0 aliphatic carbocycles. The molecule has 0 unspecified atom stereocenters. The summed E-state index contributed by atoms with van der Waals surface area (Å²) in [5.74, 6) is -0.381. The number of hydrogen-bond acceptors (Lipinski definition) is 9. The number of aromatic nitrogens is 2. The first-order chi connectivity index (χ1) is 20.7. The molecule has 222 valence electrons. The van der Waals surface area contributed by atoms with Crippen molar-refractivity contribution in [2.45, 2.75) is 29.4 Å². The van der Waals surface area contributed by atoms with E-state index in [4.69, 9.17) is 14.2 Å². The zero-order valence-electron chi connectivity index (χ0n) is 23.0. The lowest BCUT2D eigenvalue weighted by Gasteiger charge is -2.43. The van der Waals surface area contributed by atoms with Gasteiger partial charge in [0.15, 0.2) is 0 Å². The van der Waals surface area contributed by atoms with Crippen molar-refractivity contribution in [1.82, 2.24) is 19.6 Å². The van der Waals surface area contributed by atoms with Crippen LogP contribution in [0.4, 0.5) is 4.39 Å². The van der Waals surface area contributed by atoms with Crippen LogP contribution in [0.25, 0.3) is 11.0 Å². The lowest BCUT2D eigenvalue weighted by Crippen LogP contribution is -2.55. The van der Waals surface area contributed by atoms with E-state index in [0.717, 1.165) is 11.5 Å². The van der Waals surface area contributed by atoms with Gasteiger partial charge in [0.2, 0.25) is 0 Å². The van der Waals surface area contributed by atoms with Gasteiger partial charge in [-0.25, -0.2) is 22.5 Å². The Balaban J connectivity index is 1.12. The van der Waals surface area contributed by atoms with Gasteiger partial charge in [0, 0.05) is 24.7 Å². The number of piperidine rings is 1. The highest BCUT2D eigenvalue weighted by Crippen LogP contribution is 2.32. The van der Waals surface area contributed by atoms with Crippen LogP contribution in [0.5, 0.6) is 17.2 Å². The molecular weight excluding hydrogens is 577 g/mol. The van der Waals surface area contributed by atoms with Crippen LogP contribution in [0.3, 0.4) is 0 Å². The number of benzene rings is 2. The van der Waals surface area contributed by atoms with Crippen molar-refractivity contribution in [1.29, 1.82) is 5.26 Å². The third kappa shape index (κ3) is 6.17. The van der Waals surface area contributed by atoms with E-state index in [-0.39, 0.29) is 47.0 Å². The van der Waals surface area contributed by atoms with Crippen LogP contribution in [0.2, 0.25) is 0 Å². The molecule has 0 bridgehead atoms. The lowest BCUT2D eigenvalue weighted by atomic mass is 9.93. The van der Waals surface area contributed by atoms with E-state index in [2.05, 4.69) is 14.9 Å². The second kappa shape index (κ2) is 11.6. The fourth-order valence-electron chi connectivity index (χ4n) is 5.05. The first kappa shape index (κ1) is 28.6. The highest BCUT2D eigenvalue weighted by Gasteiger charge is 2.39. The summed E-state index contributed by atoms with van der Waals surface area (Å²) in [5, 5.41) is 10.5. The molecule has 0 atom stereocenters.